The molecular formula is C18H18N2O4S. The van der Waals surface area contributed by atoms with Gasteiger partial charge in [0.1, 0.15) is 5.76 Å². The van der Waals surface area contributed by atoms with E-state index >= 15 is 0 Å². The molecule has 0 aliphatic heterocycles. The quantitative estimate of drug-likeness (QED) is 0.382. The maximum atomic E-state index is 12.9. The summed E-state index contributed by atoms with van der Waals surface area (Å²) >= 11 is 1.51. The lowest BCUT2D eigenvalue weighted by Gasteiger charge is -2.12. The zero-order valence-electron chi connectivity index (χ0n) is 14.0. The summed E-state index contributed by atoms with van der Waals surface area (Å²) in [5.41, 5.74) is 0.704. The van der Waals surface area contributed by atoms with Crippen LogP contribution in [-0.2, 0) is 11.3 Å². The highest BCUT2D eigenvalue weighted by Crippen LogP contribution is 2.20. The van der Waals surface area contributed by atoms with Gasteiger partial charge < -0.3 is 9.15 Å². The molecule has 2 aromatic heterocycles. The second-order valence-electron chi connectivity index (χ2n) is 5.44. The summed E-state index contributed by atoms with van der Waals surface area (Å²) in [7, 11) is 1.32. The molecule has 0 aliphatic carbocycles. The minimum absolute atomic E-state index is 0.156. The first-order valence-corrected chi connectivity index (χ1v) is 8.90. The number of methoxy groups -OCH3 is 1. The van der Waals surface area contributed by atoms with Crippen molar-refractivity contribution in [2.75, 3.05) is 12.9 Å². The Morgan fingerprint density at radius 1 is 1.36 bits per heavy atom. The highest BCUT2D eigenvalue weighted by atomic mass is 32.2. The summed E-state index contributed by atoms with van der Waals surface area (Å²) in [6.07, 6.45) is 2.54. The van der Waals surface area contributed by atoms with Crippen molar-refractivity contribution in [2.24, 2.45) is 0 Å². The van der Waals surface area contributed by atoms with Crippen molar-refractivity contribution >= 4 is 28.6 Å². The van der Waals surface area contributed by atoms with E-state index in [1.807, 2.05) is 6.07 Å². The number of carbonyl (C=O) groups is 1. The molecule has 130 valence electrons. The third kappa shape index (κ3) is 3.61. The van der Waals surface area contributed by atoms with Crippen molar-refractivity contribution in [1.82, 2.24) is 9.55 Å². The number of hydrogen-bond donors (Lipinski definition) is 0. The largest absolute Gasteiger partial charge is 0.467 e. The molecule has 1 aromatic carbocycles. The van der Waals surface area contributed by atoms with E-state index in [4.69, 9.17) is 9.15 Å². The average molecular weight is 358 g/mol. The van der Waals surface area contributed by atoms with Gasteiger partial charge in [0.05, 0.1) is 36.4 Å². The normalized spacial score (nSPS) is 11.0. The van der Waals surface area contributed by atoms with Crippen molar-refractivity contribution in [1.29, 1.82) is 0 Å². The van der Waals surface area contributed by atoms with Gasteiger partial charge >= 0.3 is 5.97 Å². The van der Waals surface area contributed by atoms with Gasteiger partial charge in [0.15, 0.2) is 5.16 Å². The van der Waals surface area contributed by atoms with E-state index < -0.39 is 5.97 Å². The number of fused-ring (bicyclic) bond motifs is 1. The third-order valence-corrected chi connectivity index (χ3v) is 4.85. The molecule has 0 spiro atoms. The Balaban J connectivity index is 2.14. The van der Waals surface area contributed by atoms with Crippen molar-refractivity contribution in [3.63, 3.8) is 0 Å². The van der Waals surface area contributed by atoms with Crippen LogP contribution >= 0.6 is 11.8 Å². The van der Waals surface area contributed by atoms with E-state index in [0.717, 1.165) is 12.2 Å². The van der Waals surface area contributed by atoms with Gasteiger partial charge in [-0.25, -0.2) is 9.78 Å². The number of carbonyl (C=O) groups excluding carboxylic acids is 1. The van der Waals surface area contributed by atoms with E-state index in [0.29, 0.717) is 33.9 Å². The molecule has 6 nitrogen and oxygen atoms in total. The van der Waals surface area contributed by atoms with Gasteiger partial charge in [0, 0.05) is 5.75 Å². The fraction of sp³-hybridized carbons (Fsp3) is 0.278. The maximum absolute atomic E-state index is 12.9. The Morgan fingerprint density at radius 3 is 2.88 bits per heavy atom. The number of furan rings is 1. The fourth-order valence-corrected chi connectivity index (χ4v) is 3.30. The molecule has 7 heteroatoms. The summed E-state index contributed by atoms with van der Waals surface area (Å²) in [4.78, 5) is 29.3. The van der Waals surface area contributed by atoms with Crippen LogP contribution in [0.3, 0.4) is 0 Å². The van der Waals surface area contributed by atoms with Gasteiger partial charge in [-0.05, 0) is 36.8 Å². The van der Waals surface area contributed by atoms with Crippen LogP contribution in [0.1, 0.15) is 29.5 Å². The van der Waals surface area contributed by atoms with Gasteiger partial charge in [-0.1, -0.05) is 18.7 Å². The molecule has 0 saturated heterocycles. The van der Waals surface area contributed by atoms with Gasteiger partial charge in [-0.2, -0.15) is 0 Å². The van der Waals surface area contributed by atoms with Crippen LogP contribution in [0.25, 0.3) is 10.9 Å². The van der Waals surface area contributed by atoms with Crippen LogP contribution in [0, 0.1) is 0 Å². The minimum Gasteiger partial charge on any atom is -0.467 e. The summed E-state index contributed by atoms with van der Waals surface area (Å²) in [6, 6.07) is 8.40. The molecule has 0 amide bonds. The SMILES string of the molecule is CCCSc1nc2cc(C(=O)OC)ccc2c(=O)n1Cc1ccco1. The summed E-state index contributed by atoms with van der Waals surface area (Å²) in [5.74, 6) is 1.08. The predicted octanol–water partition coefficient (Wildman–Crippen LogP) is 3.33. The summed E-state index contributed by atoms with van der Waals surface area (Å²) < 4.78 is 11.7. The van der Waals surface area contributed by atoms with Crippen LogP contribution in [0.2, 0.25) is 0 Å². The number of rotatable bonds is 6. The molecule has 0 aliphatic rings. The lowest BCUT2D eigenvalue weighted by molar-refractivity contribution is 0.0601. The van der Waals surface area contributed by atoms with E-state index in [-0.39, 0.29) is 5.56 Å². The Bertz CT molecular complexity index is 948. The zero-order valence-corrected chi connectivity index (χ0v) is 14.8. The number of ether oxygens (including phenoxy) is 1. The number of benzene rings is 1. The van der Waals surface area contributed by atoms with E-state index in [9.17, 15) is 9.59 Å². The smallest absolute Gasteiger partial charge is 0.337 e. The fourth-order valence-electron chi connectivity index (χ4n) is 2.45. The molecule has 3 aromatic rings. The molecule has 25 heavy (non-hydrogen) atoms. The predicted molar refractivity (Wildman–Crippen MR) is 96.2 cm³/mol. The lowest BCUT2D eigenvalue weighted by atomic mass is 10.1. The topological polar surface area (TPSA) is 74.3 Å². The lowest BCUT2D eigenvalue weighted by Crippen LogP contribution is -2.24. The van der Waals surface area contributed by atoms with E-state index in [1.165, 1.54) is 18.9 Å². The molecule has 0 atom stereocenters. The van der Waals surface area contributed by atoms with Crippen molar-refractivity contribution in [3.05, 3.63) is 58.3 Å². The Morgan fingerprint density at radius 2 is 2.20 bits per heavy atom. The third-order valence-electron chi connectivity index (χ3n) is 3.67. The van der Waals surface area contributed by atoms with Gasteiger partial charge in [0.25, 0.3) is 5.56 Å². The first-order valence-electron chi connectivity index (χ1n) is 7.92. The molecule has 0 saturated carbocycles. The highest BCUT2D eigenvalue weighted by Gasteiger charge is 2.15. The number of thioether (sulfide) groups is 1. The van der Waals surface area contributed by atoms with Crippen LogP contribution < -0.4 is 5.56 Å². The van der Waals surface area contributed by atoms with Crippen LogP contribution in [0.5, 0.6) is 0 Å². The molecule has 0 fully saturated rings. The van der Waals surface area contributed by atoms with E-state index in [2.05, 4.69) is 11.9 Å². The van der Waals surface area contributed by atoms with Crippen molar-refractivity contribution in [2.45, 2.75) is 25.0 Å². The van der Waals surface area contributed by atoms with Crippen molar-refractivity contribution < 1.29 is 13.9 Å². The first-order chi connectivity index (χ1) is 12.1. The average Bonchev–Trinajstić information content (AvgIpc) is 3.14. The zero-order chi connectivity index (χ0) is 17.8. The number of hydrogen-bond acceptors (Lipinski definition) is 6. The van der Waals surface area contributed by atoms with Gasteiger partial charge in [-0.3, -0.25) is 9.36 Å². The molecule has 0 radical (unpaired) electrons. The minimum atomic E-state index is -0.453. The first kappa shape index (κ1) is 17.3. The standard InChI is InChI=1S/C18H18N2O4S/c1-3-9-25-18-19-15-10-12(17(22)23-2)6-7-14(15)16(21)20(18)11-13-5-4-8-24-13/h4-8,10H,3,9,11H2,1-2H3. The summed E-state index contributed by atoms with van der Waals surface area (Å²) in [6.45, 7) is 2.39. The molecule has 0 N–H and O–H groups in total. The van der Waals surface area contributed by atoms with Gasteiger partial charge in [-0.15, -0.1) is 0 Å². The molecule has 0 bridgehead atoms. The Labute approximate surface area is 148 Å². The molecule has 2 heterocycles. The van der Waals surface area contributed by atoms with Crippen LogP contribution in [-0.4, -0.2) is 28.4 Å². The maximum Gasteiger partial charge on any atom is 0.337 e. The second-order valence-corrected chi connectivity index (χ2v) is 6.50. The Kier molecular flexibility index (Phi) is 5.23. The van der Waals surface area contributed by atoms with Crippen LogP contribution in [0.4, 0.5) is 0 Å². The monoisotopic (exact) mass is 358 g/mol. The number of esters is 1. The molecule has 3 rings (SSSR count). The van der Waals surface area contributed by atoms with Crippen LogP contribution in [0.15, 0.2) is 51.0 Å². The van der Waals surface area contributed by atoms with E-state index in [1.54, 1.807) is 35.1 Å². The number of nitrogens with zero attached hydrogens (tertiary/aromatic N) is 2. The highest BCUT2D eigenvalue weighted by molar-refractivity contribution is 7.99. The van der Waals surface area contributed by atoms with Crippen molar-refractivity contribution in [3.8, 4) is 0 Å². The Hall–Kier alpha value is -2.54. The molecular weight excluding hydrogens is 340 g/mol. The summed E-state index contributed by atoms with van der Waals surface area (Å²) in [5, 5.41) is 1.07. The molecule has 0 unspecified atom stereocenters. The van der Waals surface area contributed by atoms with Gasteiger partial charge in [0.2, 0.25) is 0 Å². The number of aromatic nitrogens is 2. The second kappa shape index (κ2) is 7.57.